The third-order valence-electron chi connectivity index (χ3n) is 3.27. The lowest BCUT2D eigenvalue weighted by atomic mass is 9.92. The number of hydrogen-bond acceptors (Lipinski definition) is 5. The zero-order valence-electron chi connectivity index (χ0n) is 11.2. The fourth-order valence-corrected chi connectivity index (χ4v) is 2.18. The van der Waals surface area contributed by atoms with Crippen LogP contribution in [0.3, 0.4) is 0 Å². The molecule has 1 aliphatic carbocycles. The smallest absolute Gasteiger partial charge is 0.343 e. The number of nitrogens with zero attached hydrogens (tertiary/aromatic N) is 2. The van der Waals surface area contributed by atoms with Crippen molar-refractivity contribution >= 4 is 11.8 Å². The Labute approximate surface area is 115 Å². The van der Waals surface area contributed by atoms with E-state index in [-0.39, 0.29) is 31.1 Å². The number of ether oxygens (including phenoxy) is 1. The lowest BCUT2D eigenvalue weighted by Crippen LogP contribution is -2.32. The molecule has 0 radical (unpaired) electrons. The molecule has 1 fully saturated rings. The van der Waals surface area contributed by atoms with Crippen LogP contribution in [-0.4, -0.2) is 34.5 Å². The number of hydrogen-bond donors (Lipinski definition) is 1. The van der Waals surface area contributed by atoms with Crippen LogP contribution in [0.5, 0.6) is 0 Å². The van der Waals surface area contributed by atoms with Crippen molar-refractivity contribution in [1.82, 2.24) is 9.97 Å². The monoisotopic (exact) mass is 285 g/mol. The van der Waals surface area contributed by atoms with Gasteiger partial charge in [0.05, 0.1) is 6.61 Å². The van der Waals surface area contributed by atoms with Crippen LogP contribution in [-0.2, 0) is 4.74 Å². The quantitative estimate of drug-likeness (QED) is 0.862. The molecule has 0 aromatic carbocycles. The van der Waals surface area contributed by atoms with Gasteiger partial charge in [-0.15, -0.1) is 0 Å². The van der Waals surface area contributed by atoms with Crippen molar-refractivity contribution in [3.63, 3.8) is 0 Å². The van der Waals surface area contributed by atoms with Gasteiger partial charge in [-0.25, -0.2) is 23.5 Å². The predicted octanol–water partition coefficient (Wildman–Crippen LogP) is 2.64. The summed E-state index contributed by atoms with van der Waals surface area (Å²) in [6, 6.07) is -0.113. The molecule has 0 aliphatic heterocycles. The zero-order valence-corrected chi connectivity index (χ0v) is 11.2. The van der Waals surface area contributed by atoms with Crippen molar-refractivity contribution in [3.8, 4) is 0 Å². The summed E-state index contributed by atoms with van der Waals surface area (Å²) in [5, 5.41) is 3.04. The van der Waals surface area contributed by atoms with Gasteiger partial charge in [-0.2, -0.15) is 0 Å². The lowest BCUT2D eigenvalue weighted by molar-refractivity contribution is -0.0361. The number of carbonyl (C=O) groups is 1. The number of esters is 1. The van der Waals surface area contributed by atoms with E-state index in [2.05, 4.69) is 15.3 Å². The Bertz CT molecular complexity index is 472. The number of anilines is 1. The van der Waals surface area contributed by atoms with Gasteiger partial charge in [-0.1, -0.05) is 0 Å². The average Bonchev–Trinajstić information content (AvgIpc) is 2.42. The molecule has 0 amide bonds. The van der Waals surface area contributed by atoms with E-state index in [4.69, 9.17) is 4.74 Å². The minimum absolute atomic E-state index is 0.113. The molecule has 1 aromatic rings. The summed E-state index contributed by atoms with van der Waals surface area (Å²) in [5.74, 6) is -2.75. The van der Waals surface area contributed by atoms with E-state index in [1.165, 1.54) is 12.5 Å². The molecule has 20 heavy (non-hydrogen) atoms. The second kappa shape index (κ2) is 6.11. The van der Waals surface area contributed by atoms with E-state index in [0.717, 1.165) is 0 Å². The maximum Gasteiger partial charge on any atom is 0.343 e. The number of nitrogens with one attached hydrogen (secondary N) is 1. The summed E-state index contributed by atoms with van der Waals surface area (Å²) < 4.78 is 31.1. The molecule has 0 saturated heterocycles. The second-order valence-corrected chi connectivity index (χ2v) is 4.78. The first-order chi connectivity index (χ1) is 9.52. The standard InChI is InChI=1S/C13H17F2N3O2/c1-2-20-12(19)10-7-16-8-17-11(10)18-9-3-5-13(14,15)6-4-9/h7-9H,2-6H2,1H3,(H,16,17,18). The van der Waals surface area contributed by atoms with Gasteiger partial charge in [0.25, 0.3) is 0 Å². The molecule has 0 bridgehead atoms. The Morgan fingerprint density at radius 1 is 1.50 bits per heavy atom. The van der Waals surface area contributed by atoms with Crippen molar-refractivity contribution < 1.29 is 18.3 Å². The van der Waals surface area contributed by atoms with E-state index >= 15 is 0 Å². The van der Waals surface area contributed by atoms with Crippen LogP contribution in [0.2, 0.25) is 0 Å². The molecule has 1 heterocycles. The van der Waals surface area contributed by atoms with Gasteiger partial charge in [0, 0.05) is 25.1 Å². The number of carbonyl (C=O) groups excluding carboxylic acids is 1. The van der Waals surface area contributed by atoms with Crippen molar-refractivity contribution in [2.45, 2.75) is 44.6 Å². The summed E-state index contributed by atoms with van der Waals surface area (Å²) in [7, 11) is 0. The van der Waals surface area contributed by atoms with Crippen LogP contribution < -0.4 is 5.32 Å². The summed E-state index contributed by atoms with van der Waals surface area (Å²) >= 11 is 0. The molecule has 0 unspecified atom stereocenters. The Kier molecular flexibility index (Phi) is 4.46. The fraction of sp³-hybridized carbons (Fsp3) is 0.615. The molecule has 2 rings (SSSR count). The van der Waals surface area contributed by atoms with Crippen LogP contribution in [0.1, 0.15) is 43.0 Å². The molecule has 1 aromatic heterocycles. The SMILES string of the molecule is CCOC(=O)c1cncnc1NC1CCC(F)(F)CC1. The third kappa shape index (κ3) is 3.61. The van der Waals surface area contributed by atoms with Crippen molar-refractivity contribution in [3.05, 3.63) is 18.1 Å². The van der Waals surface area contributed by atoms with Gasteiger partial charge in [-0.3, -0.25) is 0 Å². The molecule has 7 heteroatoms. The first kappa shape index (κ1) is 14.6. The highest BCUT2D eigenvalue weighted by atomic mass is 19.3. The molecule has 1 aliphatic rings. The van der Waals surface area contributed by atoms with Gasteiger partial charge in [0.2, 0.25) is 5.92 Å². The maximum atomic E-state index is 13.1. The van der Waals surface area contributed by atoms with Crippen LogP contribution >= 0.6 is 0 Å². The van der Waals surface area contributed by atoms with E-state index in [9.17, 15) is 13.6 Å². The molecule has 1 saturated carbocycles. The Morgan fingerprint density at radius 2 is 2.20 bits per heavy atom. The molecule has 5 nitrogen and oxygen atoms in total. The molecule has 1 N–H and O–H groups in total. The van der Waals surface area contributed by atoms with Crippen LogP contribution in [0.25, 0.3) is 0 Å². The molecule has 0 spiro atoms. The number of alkyl halides is 2. The topological polar surface area (TPSA) is 64.1 Å². The Morgan fingerprint density at radius 3 is 2.85 bits per heavy atom. The molecule has 110 valence electrons. The number of aromatic nitrogens is 2. The fourth-order valence-electron chi connectivity index (χ4n) is 2.18. The van der Waals surface area contributed by atoms with Gasteiger partial charge < -0.3 is 10.1 Å². The Balaban J connectivity index is 2.04. The second-order valence-electron chi connectivity index (χ2n) is 4.78. The average molecular weight is 285 g/mol. The summed E-state index contributed by atoms with van der Waals surface area (Å²) in [6.07, 6.45) is 3.07. The summed E-state index contributed by atoms with van der Waals surface area (Å²) in [4.78, 5) is 19.5. The van der Waals surface area contributed by atoms with Crippen LogP contribution in [0.15, 0.2) is 12.5 Å². The van der Waals surface area contributed by atoms with E-state index in [0.29, 0.717) is 18.7 Å². The summed E-state index contributed by atoms with van der Waals surface area (Å²) in [5.41, 5.74) is 0.228. The number of rotatable bonds is 4. The van der Waals surface area contributed by atoms with Crippen molar-refractivity contribution in [1.29, 1.82) is 0 Å². The normalized spacial score (nSPS) is 18.6. The maximum absolute atomic E-state index is 13.1. The first-order valence-corrected chi connectivity index (χ1v) is 6.63. The highest BCUT2D eigenvalue weighted by Crippen LogP contribution is 2.34. The Hall–Kier alpha value is -1.79. The molecule has 0 atom stereocenters. The predicted molar refractivity (Wildman–Crippen MR) is 68.8 cm³/mol. The lowest BCUT2D eigenvalue weighted by Gasteiger charge is -2.29. The number of halogens is 2. The third-order valence-corrected chi connectivity index (χ3v) is 3.27. The molecular formula is C13H17F2N3O2. The highest BCUT2D eigenvalue weighted by molar-refractivity contribution is 5.94. The van der Waals surface area contributed by atoms with Crippen molar-refractivity contribution in [2.75, 3.05) is 11.9 Å². The minimum Gasteiger partial charge on any atom is -0.462 e. The minimum atomic E-state index is -2.58. The summed E-state index contributed by atoms with van der Waals surface area (Å²) in [6.45, 7) is 1.96. The molecular weight excluding hydrogens is 268 g/mol. The van der Waals surface area contributed by atoms with Gasteiger partial charge in [0.15, 0.2) is 0 Å². The van der Waals surface area contributed by atoms with Crippen LogP contribution in [0.4, 0.5) is 14.6 Å². The zero-order chi connectivity index (χ0) is 14.6. The van der Waals surface area contributed by atoms with Gasteiger partial charge in [0.1, 0.15) is 17.7 Å². The van der Waals surface area contributed by atoms with Crippen molar-refractivity contribution in [2.24, 2.45) is 0 Å². The highest BCUT2D eigenvalue weighted by Gasteiger charge is 2.35. The van der Waals surface area contributed by atoms with Crippen LogP contribution in [0, 0.1) is 0 Å². The van der Waals surface area contributed by atoms with E-state index in [1.54, 1.807) is 6.92 Å². The van der Waals surface area contributed by atoms with E-state index < -0.39 is 11.9 Å². The van der Waals surface area contributed by atoms with Gasteiger partial charge >= 0.3 is 5.97 Å². The van der Waals surface area contributed by atoms with Gasteiger partial charge in [-0.05, 0) is 19.8 Å². The largest absolute Gasteiger partial charge is 0.462 e. The first-order valence-electron chi connectivity index (χ1n) is 6.63. The van der Waals surface area contributed by atoms with E-state index in [1.807, 2.05) is 0 Å².